The summed E-state index contributed by atoms with van der Waals surface area (Å²) in [6.45, 7) is 0.432. The molecule has 0 atom stereocenters. The molecule has 0 aromatic heterocycles. The Morgan fingerprint density at radius 2 is 1.76 bits per heavy atom. The van der Waals surface area contributed by atoms with Crippen LogP contribution in [0.1, 0.15) is 5.56 Å². The molecule has 0 bridgehead atoms. The van der Waals surface area contributed by atoms with Gasteiger partial charge < -0.3 is 10.6 Å². The number of primary sulfonamides is 1. The van der Waals surface area contributed by atoms with Gasteiger partial charge in [0.15, 0.2) is 0 Å². The Kier molecular flexibility index (Phi) is 4.26. The highest BCUT2D eigenvalue weighted by atomic mass is 32.2. The summed E-state index contributed by atoms with van der Waals surface area (Å²) in [5.74, 6) is -0.660. The van der Waals surface area contributed by atoms with E-state index in [1.165, 1.54) is 12.1 Å². The van der Waals surface area contributed by atoms with Crippen LogP contribution >= 0.6 is 0 Å². The fourth-order valence-corrected chi connectivity index (χ4v) is 2.46. The maximum absolute atomic E-state index is 14.1. The number of anilines is 2. The Balaban J connectivity index is 2.36. The first kappa shape index (κ1) is 15.4. The summed E-state index contributed by atoms with van der Waals surface area (Å²) in [6, 6.07) is 10.9. The molecule has 112 valence electrons. The zero-order valence-electron chi connectivity index (χ0n) is 11.5. The first-order valence-corrected chi connectivity index (χ1v) is 7.72. The van der Waals surface area contributed by atoms with Crippen LogP contribution < -0.4 is 15.8 Å². The van der Waals surface area contributed by atoms with Gasteiger partial charge in [-0.3, -0.25) is 0 Å². The molecule has 2 rings (SSSR count). The van der Waals surface area contributed by atoms with Crippen molar-refractivity contribution in [1.82, 2.24) is 0 Å². The van der Waals surface area contributed by atoms with Gasteiger partial charge in [0, 0.05) is 19.3 Å². The lowest BCUT2D eigenvalue weighted by Gasteiger charge is -2.20. The average molecular weight is 309 g/mol. The van der Waals surface area contributed by atoms with Gasteiger partial charge in [-0.05, 0) is 35.9 Å². The third kappa shape index (κ3) is 3.38. The zero-order valence-corrected chi connectivity index (χ0v) is 12.3. The van der Waals surface area contributed by atoms with Crippen LogP contribution in [0.2, 0.25) is 0 Å². The number of hydrogen-bond donors (Lipinski definition) is 2. The molecule has 0 amide bonds. The molecule has 0 spiro atoms. The maximum Gasteiger partial charge on any atom is 0.238 e. The van der Waals surface area contributed by atoms with Crippen LogP contribution in [0.15, 0.2) is 47.4 Å². The summed E-state index contributed by atoms with van der Waals surface area (Å²) in [7, 11) is -2.23. The zero-order chi connectivity index (χ0) is 15.6. The van der Waals surface area contributed by atoms with Crippen LogP contribution in [-0.2, 0) is 16.6 Å². The monoisotopic (exact) mass is 309 g/mol. The fraction of sp³-hybridized carbons (Fsp3) is 0.143. The Morgan fingerprint density at radius 1 is 1.14 bits per heavy atom. The summed E-state index contributed by atoms with van der Waals surface area (Å²) in [4.78, 5) is 1.36. The quantitative estimate of drug-likeness (QED) is 0.899. The molecule has 21 heavy (non-hydrogen) atoms. The minimum absolute atomic E-state index is 0.253. The number of halogens is 1. The summed E-state index contributed by atoms with van der Waals surface area (Å²) in [6.07, 6.45) is 0. The molecule has 0 radical (unpaired) electrons. The van der Waals surface area contributed by atoms with Gasteiger partial charge in [0.1, 0.15) is 5.82 Å². The molecule has 0 saturated carbocycles. The molecule has 0 aliphatic rings. The SMILES string of the molecule is CN(c1ccc(CN)cc1)c1ccc(S(N)(=O)=O)cc1F. The predicted octanol–water partition coefficient (Wildman–Crippen LogP) is 1.70. The number of sulfonamides is 1. The van der Waals surface area contributed by atoms with Crippen LogP contribution in [0.3, 0.4) is 0 Å². The van der Waals surface area contributed by atoms with Crippen molar-refractivity contribution in [1.29, 1.82) is 0 Å². The number of nitrogens with zero attached hydrogens (tertiary/aromatic N) is 1. The molecule has 0 heterocycles. The molecular formula is C14H16FN3O2S. The van der Waals surface area contributed by atoms with E-state index in [0.717, 1.165) is 17.3 Å². The van der Waals surface area contributed by atoms with E-state index in [-0.39, 0.29) is 10.6 Å². The van der Waals surface area contributed by atoms with Crippen molar-refractivity contribution in [2.45, 2.75) is 11.4 Å². The standard InChI is InChI=1S/C14H16FN3O2S/c1-18(11-4-2-10(9-16)3-5-11)14-7-6-12(8-13(14)15)21(17,19)20/h2-8H,9,16H2,1H3,(H2,17,19,20). The third-order valence-corrected chi connectivity index (χ3v) is 4.08. The van der Waals surface area contributed by atoms with E-state index < -0.39 is 15.8 Å². The van der Waals surface area contributed by atoms with Crippen molar-refractivity contribution in [3.05, 3.63) is 53.8 Å². The van der Waals surface area contributed by atoms with Gasteiger partial charge in [-0.2, -0.15) is 0 Å². The van der Waals surface area contributed by atoms with Crippen LogP contribution in [-0.4, -0.2) is 15.5 Å². The normalized spacial score (nSPS) is 11.4. The molecule has 2 aromatic carbocycles. The summed E-state index contributed by atoms with van der Waals surface area (Å²) in [5.41, 5.74) is 7.51. The Hall–Kier alpha value is -1.96. The molecule has 0 fully saturated rings. The highest BCUT2D eigenvalue weighted by Crippen LogP contribution is 2.27. The second-order valence-electron chi connectivity index (χ2n) is 4.59. The molecule has 4 N–H and O–H groups in total. The van der Waals surface area contributed by atoms with E-state index in [9.17, 15) is 12.8 Å². The smallest absolute Gasteiger partial charge is 0.238 e. The van der Waals surface area contributed by atoms with Gasteiger partial charge in [-0.15, -0.1) is 0 Å². The maximum atomic E-state index is 14.1. The molecule has 0 aliphatic heterocycles. The summed E-state index contributed by atoms with van der Waals surface area (Å²) < 4.78 is 36.5. The van der Waals surface area contributed by atoms with Crippen molar-refractivity contribution in [2.75, 3.05) is 11.9 Å². The van der Waals surface area contributed by atoms with Gasteiger partial charge in [0.25, 0.3) is 0 Å². The number of hydrogen-bond acceptors (Lipinski definition) is 4. The second kappa shape index (κ2) is 5.80. The number of nitrogens with two attached hydrogens (primary N) is 2. The van der Waals surface area contributed by atoms with Crippen LogP contribution in [0.5, 0.6) is 0 Å². The van der Waals surface area contributed by atoms with Crippen molar-refractivity contribution in [2.24, 2.45) is 10.9 Å². The van der Waals surface area contributed by atoms with E-state index in [2.05, 4.69) is 0 Å². The van der Waals surface area contributed by atoms with Crippen molar-refractivity contribution in [3.8, 4) is 0 Å². The Bertz CT molecular complexity index is 745. The Morgan fingerprint density at radius 3 is 2.24 bits per heavy atom. The van der Waals surface area contributed by atoms with E-state index in [0.29, 0.717) is 6.54 Å². The van der Waals surface area contributed by atoms with Gasteiger partial charge in [-0.1, -0.05) is 12.1 Å². The van der Waals surface area contributed by atoms with Crippen molar-refractivity contribution < 1.29 is 12.8 Å². The highest BCUT2D eigenvalue weighted by molar-refractivity contribution is 7.89. The lowest BCUT2D eigenvalue weighted by atomic mass is 10.2. The molecule has 2 aromatic rings. The minimum atomic E-state index is -3.91. The van der Waals surface area contributed by atoms with Crippen LogP contribution in [0, 0.1) is 5.82 Å². The molecule has 0 aliphatic carbocycles. The molecule has 7 heteroatoms. The first-order chi connectivity index (χ1) is 9.82. The minimum Gasteiger partial charge on any atom is -0.342 e. The fourth-order valence-electron chi connectivity index (χ4n) is 1.93. The van der Waals surface area contributed by atoms with E-state index in [1.54, 1.807) is 11.9 Å². The largest absolute Gasteiger partial charge is 0.342 e. The summed E-state index contributed by atoms with van der Waals surface area (Å²) >= 11 is 0. The van der Waals surface area contributed by atoms with Gasteiger partial charge in [0.2, 0.25) is 10.0 Å². The van der Waals surface area contributed by atoms with Crippen molar-refractivity contribution in [3.63, 3.8) is 0 Å². The molecule has 0 saturated heterocycles. The van der Waals surface area contributed by atoms with Crippen LogP contribution in [0.25, 0.3) is 0 Å². The van der Waals surface area contributed by atoms with E-state index in [4.69, 9.17) is 10.9 Å². The molecule has 0 unspecified atom stereocenters. The highest BCUT2D eigenvalue weighted by Gasteiger charge is 2.14. The van der Waals surface area contributed by atoms with Gasteiger partial charge in [0.05, 0.1) is 10.6 Å². The second-order valence-corrected chi connectivity index (χ2v) is 6.15. The van der Waals surface area contributed by atoms with E-state index >= 15 is 0 Å². The van der Waals surface area contributed by atoms with Gasteiger partial charge >= 0.3 is 0 Å². The van der Waals surface area contributed by atoms with Gasteiger partial charge in [-0.25, -0.2) is 17.9 Å². The number of benzene rings is 2. The summed E-state index contributed by atoms with van der Waals surface area (Å²) in [5, 5.41) is 4.98. The number of rotatable bonds is 4. The predicted molar refractivity (Wildman–Crippen MR) is 80.2 cm³/mol. The molecule has 5 nitrogen and oxygen atoms in total. The van der Waals surface area contributed by atoms with Crippen LogP contribution in [0.4, 0.5) is 15.8 Å². The van der Waals surface area contributed by atoms with Crippen molar-refractivity contribution >= 4 is 21.4 Å². The third-order valence-electron chi connectivity index (χ3n) is 3.17. The lowest BCUT2D eigenvalue weighted by Crippen LogP contribution is -2.15. The molecular weight excluding hydrogens is 293 g/mol. The lowest BCUT2D eigenvalue weighted by molar-refractivity contribution is 0.592. The first-order valence-electron chi connectivity index (χ1n) is 6.18. The average Bonchev–Trinajstić information content (AvgIpc) is 2.45. The topological polar surface area (TPSA) is 89.4 Å². The Labute approximate surface area is 123 Å². The van der Waals surface area contributed by atoms with E-state index in [1.807, 2.05) is 24.3 Å².